The monoisotopic (exact) mass is 476 g/mol. The van der Waals surface area contributed by atoms with E-state index in [4.69, 9.17) is 0 Å². The Hall–Kier alpha value is -1.22. The van der Waals surface area contributed by atoms with Crippen LogP contribution in [0.3, 0.4) is 0 Å². The van der Waals surface area contributed by atoms with E-state index in [0.717, 1.165) is 22.2 Å². The van der Waals surface area contributed by atoms with Gasteiger partial charge in [-0.3, -0.25) is 4.99 Å². The number of halogens is 2. The van der Waals surface area contributed by atoms with Crippen molar-refractivity contribution in [2.45, 2.75) is 39.7 Å². The van der Waals surface area contributed by atoms with Crippen LogP contribution in [0.1, 0.15) is 35.0 Å². The van der Waals surface area contributed by atoms with Gasteiger partial charge in [-0.25, -0.2) is 9.37 Å². The lowest BCUT2D eigenvalue weighted by Gasteiger charge is -2.26. The van der Waals surface area contributed by atoms with Crippen molar-refractivity contribution in [3.05, 3.63) is 51.2 Å². The number of aryl methyl sites for hydroxylation is 2. The first-order valence-electron chi connectivity index (χ1n) is 7.95. The molecule has 1 heterocycles. The minimum absolute atomic E-state index is 0. The van der Waals surface area contributed by atoms with Crippen molar-refractivity contribution in [3.8, 4) is 0 Å². The zero-order valence-corrected chi connectivity index (χ0v) is 18.5. The molecule has 1 aromatic heterocycles. The smallest absolute Gasteiger partial charge is 0.191 e. The fourth-order valence-corrected chi connectivity index (χ4v) is 3.31. The Morgan fingerprint density at radius 2 is 1.84 bits per heavy atom. The van der Waals surface area contributed by atoms with E-state index in [1.54, 1.807) is 18.4 Å². The molecule has 25 heavy (non-hydrogen) atoms. The van der Waals surface area contributed by atoms with Crippen LogP contribution in [0, 0.1) is 19.7 Å². The molecule has 0 atom stereocenters. The van der Waals surface area contributed by atoms with Crippen LogP contribution in [0.2, 0.25) is 0 Å². The highest BCUT2D eigenvalue weighted by atomic mass is 127. The van der Waals surface area contributed by atoms with Crippen LogP contribution in [0.25, 0.3) is 0 Å². The highest BCUT2D eigenvalue weighted by molar-refractivity contribution is 14.0. The molecule has 138 valence electrons. The van der Waals surface area contributed by atoms with Gasteiger partial charge in [0, 0.05) is 23.9 Å². The van der Waals surface area contributed by atoms with E-state index < -0.39 is 0 Å². The van der Waals surface area contributed by atoms with Gasteiger partial charge < -0.3 is 10.6 Å². The van der Waals surface area contributed by atoms with Crippen molar-refractivity contribution >= 4 is 41.3 Å². The van der Waals surface area contributed by atoms with Crippen molar-refractivity contribution in [1.29, 1.82) is 0 Å². The summed E-state index contributed by atoms with van der Waals surface area (Å²) in [5.74, 6) is 0.533. The van der Waals surface area contributed by atoms with Gasteiger partial charge in [0.15, 0.2) is 5.96 Å². The Kier molecular flexibility index (Phi) is 8.27. The predicted octanol–water partition coefficient (Wildman–Crippen LogP) is 4.16. The van der Waals surface area contributed by atoms with E-state index >= 15 is 0 Å². The molecule has 0 saturated heterocycles. The number of benzene rings is 1. The van der Waals surface area contributed by atoms with Gasteiger partial charge in [-0.15, -0.1) is 35.3 Å². The van der Waals surface area contributed by atoms with Crippen LogP contribution in [0.15, 0.2) is 29.3 Å². The van der Waals surface area contributed by atoms with Crippen LogP contribution in [-0.4, -0.2) is 24.5 Å². The fraction of sp³-hybridized carbons (Fsp3) is 0.444. The molecule has 0 amide bonds. The van der Waals surface area contributed by atoms with E-state index in [0.29, 0.717) is 13.1 Å². The molecule has 4 nitrogen and oxygen atoms in total. The Bertz CT molecular complexity index is 710. The third kappa shape index (κ3) is 6.22. The summed E-state index contributed by atoms with van der Waals surface area (Å²) in [7, 11) is 1.75. The summed E-state index contributed by atoms with van der Waals surface area (Å²) < 4.78 is 13.1. The third-order valence-electron chi connectivity index (χ3n) is 3.96. The number of aliphatic imine (C=N–C) groups is 1. The summed E-state index contributed by atoms with van der Waals surface area (Å²) >= 11 is 1.70. The SMILES string of the molecule is CN=C(NCc1sc(C)nc1C)NCC(C)(C)c1ccc(F)cc1.I. The Labute approximate surface area is 170 Å². The molecular weight excluding hydrogens is 450 g/mol. The van der Waals surface area contributed by atoms with E-state index in [1.807, 2.05) is 26.0 Å². The second-order valence-electron chi connectivity index (χ2n) is 6.41. The van der Waals surface area contributed by atoms with Crippen molar-refractivity contribution in [2.24, 2.45) is 4.99 Å². The molecule has 0 aliphatic carbocycles. The number of nitrogens with one attached hydrogen (secondary N) is 2. The number of nitrogens with zero attached hydrogens (tertiary/aromatic N) is 2. The molecule has 0 bridgehead atoms. The quantitative estimate of drug-likeness (QED) is 0.387. The zero-order chi connectivity index (χ0) is 17.7. The molecule has 7 heteroatoms. The number of rotatable bonds is 5. The Morgan fingerprint density at radius 1 is 1.20 bits per heavy atom. The summed E-state index contributed by atoms with van der Waals surface area (Å²) in [6, 6.07) is 6.66. The topological polar surface area (TPSA) is 49.3 Å². The second-order valence-corrected chi connectivity index (χ2v) is 7.70. The van der Waals surface area contributed by atoms with Crippen LogP contribution in [0.4, 0.5) is 4.39 Å². The highest BCUT2D eigenvalue weighted by Crippen LogP contribution is 2.22. The number of aromatic nitrogens is 1. The molecule has 2 aromatic rings. The number of thiazole rings is 1. The average molecular weight is 476 g/mol. The molecule has 0 spiro atoms. The highest BCUT2D eigenvalue weighted by Gasteiger charge is 2.21. The van der Waals surface area contributed by atoms with Crippen molar-refractivity contribution in [3.63, 3.8) is 0 Å². The minimum atomic E-state index is -0.213. The second kappa shape index (κ2) is 9.47. The van der Waals surface area contributed by atoms with E-state index in [2.05, 4.69) is 34.5 Å². The largest absolute Gasteiger partial charge is 0.356 e. The molecule has 0 saturated carbocycles. The maximum Gasteiger partial charge on any atom is 0.191 e. The first-order chi connectivity index (χ1) is 11.3. The lowest BCUT2D eigenvalue weighted by atomic mass is 9.84. The molecule has 2 rings (SSSR count). The maximum absolute atomic E-state index is 13.1. The van der Waals surface area contributed by atoms with E-state index in [-0.39, 0.29) is 35.2 Å². The van der Waals surface area contributed by atoms with Crippen molar-refractivity contribution in [2.75, 3.05) is 13.6 Å². The van der Waals surface area contributed by atoms with E-state index in [1.165, 1.54) is 17.0 Å². The summed E-state index contributed by atoms with van der Waals surface area (Å²) in [4.78, 5) is 9.92. The maximum atomic E-state index is 13.1. The van der Waals surface area contributed by atoms with Crippen molar-refractivity contribution in [1.82, 2.24) is 15.6 Å². The van der Waals surface area contributed by atoms with Crippen molar-refractivity contribution < 1.29 is 4.39 Å². The molecule has 2 N–H and O–H groups in total. The van der Waals surface area contributed by atoms with Gasteiger partial charge >= 0.3 is 0 Å². The molecule has 1 aromatic carbocycles. The molecule has 0 fully saturated rings. The molecule has 0 aliphatic heterocycles. The van der Waals surface area contributed by atoms with Gasteiger partial charge in [0.05, 0.1) is 17.2 Å². The average Bonchev–Trinajstić information content (AvgIpc) is 2.85. The normalized spacial score (nSPS) is 11.8. The summed E-state index contributed by atoms with van der Waals surface area (Å²) in [5.41, 5.74) is 2.01. The first-order valence-corrected chi connectivity index (χ1v) is 8.77. The van der Waals surface area contributed by atoms with Crippen LogP contribution in [0.5, 0.6) is 0 Å². The summed E-state index contributed by atoms with van der Waals surface area (Å²) in [6.45, 7) is 9.68. The molecule has 0 aliphatic rings. The van der Waals surface area contributed by atoms with Gasteiger partial charge in [0.25, 0.3) is 0 Å². The van der Waals surface area contributed by atoms with Crippen LogP contribution < -0.4 is 10.6 Å². The number of hydrogen-bond donors (Lipinski definition) is 2. The minimum Gasteiger partial charge on any atom is -0.356 e. The lowest BCUT2D eigenvalue weighted by molar-refractivity contribution is 0.507. The molecule has 0 radical (unpaired) electrons. The first kappa shape index (κ1) is 21.8. The van der Waals surface area contributed by atoms with Crippen LogP contribution >= 0.6 is 35.3 Å². The van der Waals surface area contributed by atoms with Gasteiger partial charge in [-0.05, 0) is 31.5 Å². The van der Waals surface area contributed by atoms with E-state index in [9.17, 15) is 4.39 Å². The third-order valence-corrected chi connectivity index (χ3v) is 5.04. The Morgan fingerprint density at radius 3 is 2.36 bits per heavy atom. The fourth-order valence-electron chi connectivity index (χ4n) is 2.43. The molecule has 0 unspecified atom stereocenters. The number of hydrogen-bond acceptors (Lipinski definition) is 3. The summed E-state index contributed by atoms with van der Waals surface area (Å²) in [6.07, 6.45) is 0. The van der Waals surface area contributed by atoms with Gasteiger partial charge in [0.1, 0.15) is 5.82 Å². The number of guanidine groups is 1. The van der Waals surface area contributed by atoms with Gasteiger partial charge in [0.2, 0.25) is 0 Å². The lowest BCUT2D eigenvalue weighted by Crippen LogP contribution is -2.43. The molecular formula is C18H26FIN4S. The van der Waals surface area contributed by atoms with Gasteiger partial charge in [-0.2, -0.15) is 0 Å². The zero-order valence-electron chi connectivity index (χ0n) is 15.3. The van der Waals surface area contributed by atoms with Gasteiger partial charge in [-0.1, -0.05) is 26.0 Å². The summed E-state index contributed by atoms with van der Waals surface area (Å²) in [5, 5.41) is 7.74. The van der Waals surface area contributed by atoms with Crippen LogP contribution in [-0.2, 0) is 12.0 Å². The predicted molar refractivity (Wildman–Crippen MR) is 115 cm³/mol. The standard InChI is InChI=1S/C18H25FN4S.HI/c1-12-16(24-13(2)23-12)10-21-17(20-5)22-11-18(3,4)14-6-8-15(19)9-7-14;/h6-9H,10-11H2,1-5H3,(H2,20,21,22);1H. The Balaban J connectivity index is 0.00000312.